The van der Waals surface area contributed by atoms with Crippen LogP contribution in [0.4, 0.5) is 16.2 Å². The van der Waals surface area contributed by atoms with Gasteiger partial charge < -0.3 is 20.9 Å². The number of nitrogens with zero attached hydrogens (tertiary/aromatic N) is 1. The number of aryl methyl sites for hydroxylation is 1. The number of amides is 3. The van der Waals surface area contributed by atoms with Crippen LogP contribution in [0.5, 0.6) is 0 Å². The highest BCUT2D eigenvalue weighted by atomic mass is 35.5. The molecule has 0 radical (unpaired) electrons. The van der Waals surface area contributed by atoms with Crippen molar-refractivity contribution < 1.29 is 9.59 Å². The number of hydrogen-bond acceptors (Lipinski definition) is 3. The van der Waals surface area contributed by atoms with Crippen LogP contribution in [0.25, 0.3) is 0 Å². The van der Waals surface area contributed by atoms with E-state index in [2.05, 4.69) is 28.1 Å². The van der Waals surface area contributed by atoms with Gasteiger partial charge in [0.2, 0.25) is 5.91 Å². The second-order valence-electron chi connectivity index (χ2n) is 6.96. The van der Waals surface area contributed by atoms with E-state index in [0.717, 1.165) is 18.5 Å². The van der Waals surface area contributed by atoms with Crippen molar-refractivity contribution in [2.45, 2.75) is 25.8 Å². The molecule has 0 spiro atoms. The maximum Gasteiger partial charge on any atom is 0.319 e. The van der Waals surface area contributed by atoms with Crippen molar-refractivity contribution in [3.8, 4) is 0 Å². The molecular formula is C21H25ClN4O2. The maximum absolute atomic E-state index is 12.2. The zero-order chi connectivity index (χ0) is 19.9. The van der Waals surface area contributed by atoms with E-state index in [4.69, 9.17) is 11.6 Å². The predicted molar refractivity (Wildman–Crippen MR) is 113 cm³/mol. The van der Waals surface area contributed by atoms with E-state index in [9.17, 15) is 9.59 Å². The molecule has 2 aromatic carbocycles. The van der Waals surface area contributed by atoms with Gasteiger partial charge in [-0.25, -0.2) is 4.79 Å². The summed E-state index contributed by atoms with van der Waals surface area (Å²) in [4.78, 5) is 25.7. The zero-order valence-corrected chi connectivity index (χ0v) is 16.6. The van der Waals surface area contributed by atoms with Crippen LogP contribution >= 0.6 is 11.6 Å². The number of benzene rings is 2. The molecule has 28 heavy (non-hydrogen) atoms. The Morgan fingerprint density at radius 3 is 2.75 bits per heavy atom. The number of carbonyl (C=O) groups is 2. The van der Waals surface area contributed by atoms with Gasteiger partial charge >= 0.3 is 6.03 Å². The Labute approximate surface area is 170 Å². The van der Waals surface area contributed by atoms with Crippen LogP contribution in [0.2, 0.25) is 5.02 Å². The summed E-state index contributed by atoms with van der Waals surface area (Å²) in [7, 11) is 0. The van der Waals surface area contributed by atoms with Gasteiger partial charge in [-0.3, -0.25) is 4.79 Å². The lowest BCUT2D eigenvalue weighted by molar-refractivity contribution is -0.120. The SMILES string of the molecule is CC(CCc1ccccc1)NC(=O)Nc1ccc(N2CCNC(=O)C2)c(Cl)c1. The average Bonchev–Trinajstić information content (AvgIpc) is 2.67. The molecule has 1 aliphatic rings. The van der Waals surface area contributed by atoms with Crippen LogP contribution in [0.3, 0.4) is 0 Å². The minimum Gasteiger partial charge on any atom is -0.359 e. The molecule has 3 amide bonds. The third kappa shape index (κ3) is 5.63. The molecular weight excluding hydrogens is 376 g/mol. The minimum atomic E-state index is -0.262. The van der Waals surface area contributed by atoms with Crippen molar-refractivity contribution >= 4 is 34.9 Å². The van der Waals surface area contributed by atoms with Gasteiger partial charge in [0.15, 0.2) is 0 Å². The van der Waals surface area contributed by atoms with Crippen LogP contribution in [-0.2, 0) is 11.2 Å². The number of piperazine rings is 1. The van der Waals surface area contributed by atoms with Gasteiger partial charge in [0, 0.05) is 24.8 Å². The molecule has 0 bridgehead atoms. The van der Waals surface area contributed by atoms with E-state index < -0.39 is 0 Å². The first-order chi connectivity index (χ1) is 13.5. The van der Waals surface area contributed by atoms with E-state index in [0.29, 0.717) is 23.8 Å². The highest BCUT2D eigenvalue weighted by Gasteiger charge is 2.19. The van der Waals surface area contributed by atoms with Crippen molar-refractivity contribution in [1.82, 2.24) is 10.6 Å². The molecule has 2 aromatic rings. The van der Waals surface area contributed by atoms with Gasteiger partial charge in [0.1, 0.15) is 0 Å². The monoisotopic (exact) mass is 400 g/mol. The highest BCUT2D eigenvalue weighted by molar-refractivity contribution is 6.33. The third-order valence-electron chi connectivity index (χ3n) is 4.67. The summed E-state index contributed by atoms with van der Waals surface area (Å²) in [6.07, 6.45) is 1.76. The van der Waals surface area contributed by atoms with Gasteiger partial charge in [-0.05, 0) is 43.5 Å². The van der Waals surface area contributed by atoms with Gasteiger partial charge in [-0.2, -0.15) is 0 Å². The standard InChI is InChI=1S/C21H25ClN4O2/c1-15(7-8-16-5-3-2-4-6-16)24-21(28)25-17-9-10-19(18(22)13-17)26-12-11-23-20(27)14-26/h2-6,9-10,13,15H,7-8,11-12,14H2,1H3,(H,23,27)(H2,24,25,28). The van der Waals surface area contributed by atoms with Gasteiger partial charge in [-0.1, -0.05) is 41.9 Å². The largest absolute Gasteiger partial charge is 0.359 e. The lowest BCUT2D eigenvalue weighted by Gasteiger charge is -2.29. The number of nitrogens with one attached hydrogen (secondary N) is 3. The fourth-order valence-electron chi connectivity index (χ4n) is 3.18. The van der Waals surface area contributed by atoms with Gasteiger partial charge in [0.25, 0.3) is 0 Å². The topological polar surface area (TPSA) is 73.5 Å². The summed E-state index contributed by atoms with van der Waals surface area (Å²) in [6.45, 7) is 3.57. The first kappa shape index (κ1) is 20.0. The Kier molecular flexibility index (Phi) is 6.76. The van der Waals surface area contributed by atoms with E-state index in [1.54, 1.807) is 12.1 Å². The van der Waals surface area contributed by atoms with E-state index in [1.165, 1.54) is 5.56 Å². The summed E-state index contributed by atoms with van der Waals surface area (Å²) >= 11 is 6.37. The summed E-state index contributed by atoms with van der Waals surface area (Å²) in [6, 6.07) is 15.3. The number of carbonyl (C=O) groups excluding carboxylic acids is 2. The Balaban J connectivity index is 1.51. The molecule has 7 heteroatoms. The van der Waals surface area contributed by atoms with Crippen molar-refractivity contribution in [2.75, 3.05) is 29.9 Å². The quantitative estimate of drug-likeness (QED) is 0.695. The molecule has 1 fully saturated rings. The van der Waals surface area contributed by atoms with Crippen molar-refractivity contribution in [2.24, 2.45) is 0 Å². The Bertz CT molecular complexity index is 828. The molecule has 1 atom stereocenters. The second-order valence-corrected chi connectivity index (χ2v) is 7.37. The van der Waals surface area contributed by atoms with Crippen LogP contribution in [0.1, 0.15) is 18.9 Å². The molecule has 0 saturated carbocycles. The van der Waals surface area contributed by atoms with E-state index in [-0.39, 0.29) is 24.5 Å². The lowest BCUT2D eigenvalue weighted by Crippen LogP contribution is -2.47. The first-order valence-corrected chi connectivity index (χ1v) is 9.81. The number of rotatable bonds is 6. The molecule has 3 N–H and O–H groups in total. The number of halogens is 1. The molecule has 0 aliphatic carbocycles. The molecule has 1 unspecified atom stereocenters. The molecule has 0 aromatic heterocycles. The van der Waals surface area contributed by atoms with E-state index in [1.807, 2.05) is 36.1 Å². The summed E-state index contributed by atoms with van der Waals surface area (Å²) < 4.78 is 0. The highest BCUT2D eigenvalue weighted by Crippen LogP contribution is 2.29. The predicted octanol–water partition coefficient (Wildman–Crippen LogP) is 3.42. The number of urea groups is 1. The molecule has 3 rings (SSSR count). The first-order valence-electron chi connectivity index (χ1n) is 9.44. The smallest absolute Gasteiger partial charge is 0.319 e. The molecule has 1 saturated heterocycles. The zero-order valence-electron chi connectivity index (χ0n) is 15.9. The molecule has 148 valence electrons. The molecule has 1 heterocycles. The van der Waals surface area contributed by atoms with Gasteiger partial charge in [0.05, 0.1) is 17.3 Å². The third-order valence-corrected chi connectivity index (χ3v) is 4.97. The number of hydrogen-bond donors (Lipinski definition) is 3. The van der Waals surface area contributed by atoms with Crippen molar-refractivity contribution in [1.29, 1.82) is 0 Å². The lowest BCUT2D eigenvalue weighted by atomic mass is 10.1. The number of anilines is 2. The second kappa shape index (κ2) is 9.46. The Morgan fingerprint density at radius 2 is 2.04 bits per heavy atom. The van der Waals surface area contributed by atoms with Crippen molar-refractivity contribution in [3.05, 3.63) is 59.1 Å². The maximum atomic E-state index is 12.2. The Morgan fingerprint density at radius 1 is 1.25 bits per heavy atom. The molecule has 1 aliphatic heterocycles. The van der Waals surface area contributed by atoms with Crippen molar-refractivity contribution in [3.63, 3.8) is 0 Å². The van der Waals surface area contributed by atoms with E-state index >= 15 is 0 Å². The van der Waals surface area contributed by atoms with Crippen LogP contribution in [-0.4, -0.2) is 37.6 Å². The van der Waals surface area contributed by atoms with Crippen LogP contribution in [0.15, 0.2) is 48.5 Å². The fraction of sp³-hybridized carbons (Fsp3) is 0.333. The summed E-state index contributed by atoms with van der Waals surface area (Å²) in [5, 5.41) is 9.06. The summed E-state index contributed by atoms with van der Waals surface area (Å²) in [5.41, 5.74) is 2.66. The van der Waals surface area contributed by atoms with Crippen LogP contribution in [0, 0.1) is 0 Å². The normalized spacial score (nSPS) is 14.9. The summed E-state index contributed by atoms with van der Waals surface area (Å²) in [5.74, 6) is -0.0200. The fourth-order valence-corrected chi connectivity index (χ4v) is 3.48. The minimum absolute atomic E-state index is 0.0200. The van der Waals surface area contributed by atoms with Gasteiger partial charge in [-0.15, -0.1) is 0 Å². The Hall–Kier alpha value is -2.73. The average molecular weight is 401 g/mol. The molecule has 6 nitrogen and oxygen atoms in total. The van der Waals surface area contributed by atoms with Crippen LogP contribution < -0.4 is 20.9 Å².